The number of nitrogens with one attached hydrogen (secondary N) is 2. The molecular formula is C26H34N5NaO10S. The van der Waals surface area contributed by atoms with Gasteiger partial charge in [-0.05, 0) is 31.0 Å². The second-order valence-electron chi connectivity index (χ2n) is 9.82. The van der Waals surface area contributed by atoms with Crippen LogP contribution >= 0.6 is 0 Å². The number of carbonyl (C=O) groups excluding carboxylic acids is 6. The fourth-order valence-corrected chi connectivity index (χ4v) is 5.09. The molecule has 1 aromatic carbocycles. The summed E-state index contributed by atoms with van der Waals surface area (Å²) in [7, 11) is -5.04. The number of rotatable bonds is 13. The Labute approximate surface area is 271 Å². The molecule has 230 valence electrons. The predicted molar refractivity (Wildman–Crippen MR) is 144 cm³/mol. The van der Waals surface area contributed by atoms with Crippen molar-refractivity contribution in [3.63, 3.8) is 0 Å². The van der Waals surface area contributed by atoms with E-state index in [9.17, 15) is 41.7 Å². The summed E-state index contributed by atoms with van der Waals surface area (Å²) < 4.78 is 38.7. The SMILES string of the molecule is CCCCCCCC(=O)Oc1ccc(C(NC(=O)N2CCN(CC)C(=O)C2=O)C(=O)NC2CN(S(=O)(=O)[O-])C2=O)cc1.[Na+]. The van der Waals surface area contributed by atoms with Crippen LogP contribution < -0.4 is 44.9 Å². The zero-order chi connectivity index (χ0) is 31.0. The van der Waals surface area contributed by atoms with Crippen LogP contribution in [0, 0.1) is 0 Å². The number of β-lactam (4-membered cyclic amide) rings is 1. The van der Waals surface area contributed by atoms with E-state index in [4.69, 9.17) is 4.74 Å². The second kappa shape index (κ2) is 16.1. The predicted octanol–water partition coefficient (Wildman–Crippen LogP) is -2.81. The summed E-state index contributed by atoms with van der Waals surface area (Å²) in [5, 5.41) is 4.66. The average molecular weight is 632 g/mol. The minimum Gasteiger partial charge on any atom is -0.731 e. The summed E-state index contributed by atoms with van der Waals surface area (Å²) in [6.07, 6.45) is 5.02. The first-order chi connectivity index (χ1) is 19.9. The van der Waals surface area contributed by atoms with E-state index < -0.39 is 64.6 Å². The average Bonchev–Trinajstić information content (AvgIpc) is 2.94. The summed E-state index contributed by atoms with van der Waals surface area (Å²) in [6.45, 7) is 3.43. The van der Waals surface area contributed by atoms with E-state index in [1.807, 2.05) is 0 Å². The van der Waals surface area contributed by atoms with Gasteiger partial charge in [0, 0.05) is 26.1 Å². The van der Waals surface area contributed by atoms with Gasteiger partial charge < -0.3 is 24.8 Å². The molecule has 2 heterocycles. The Morgan fingerprint density at radius 2 is 1.65 bits per heavy atom. The molecule has 43 heavy (non-hydrogen) atoms. The zero-order valence-electron chi connectivity index (χ0n) is 24.4. The molecule has 6 amide bonds. The van der Waals surface area contributed by atoms with Gasteiger partial charge in [-0.3, -0.25) is 28.9 Å². The number of carbonyl (C=O) groups is 6. The number of piperazine rings is 1. The Morgan fingerprint density at radius 1 is 1.00 bits per heavy atom. The molecule has 17 heteroatoms. The molecule has 0 bridgehead atoms. The van der Waals surface area contributed by atoms with Gasteiger partial charge in [-0.1, -0.05) is 44.7 Å². The molecule has 2 aliphatic heterocycles. The van der Waals surface area contributed by atoms with Crippen molar-refractivity contribution in [2.75, 3.05) is 26.2 Å². The van der Waals surface area contributed by atoms with Gasteiger partial charge in [0.05, 0.1) is 6.54 Å². The van der Waals surface area contributed by atoms with E-state index in [1.54, 1.807) is 6.92 Å². The molecule has 15 nitrogen and oxygen atoms in total. The van der Waals surface area contributed by atoms with E-state index in [2.05, 4.69) is 17.6 Å². The Morgan fingerprint density at radius 3 is 2.23 bits per heavy atom. The Hall–Kier alpha value is -3.05. The number of benzene rings is 1. The zero-order valence-corrected chi connectivity index (χ0v) is 27.2. The van der Waals surface area contributed by atoms with Crippen LogP contribution in [-0.4, -0.2) is 94.9 Å². The van der Waals surface area contributed by atoms with Crippen LogP contribution in [0.1, 0.15) is 64.0 Å². The largest absolute Gasteiger partial charge is 1.00 e. The first-order valence-corrected chi connectivity index (χ1v) is 15.0. The number of hydrogen-bond acceptors (Lipinski definition) is 10. The van der Waals surface area contributed by atoms with E-state index >= 15 is 0 Å². The van der Waals surface area contributed by atoms with Gasteiger partial charge >= 0.3 is 53.4 Å². The first kappa shape index (κ1) is 36.1. The molecule has 2 aliphatic rings. The van der Waals surface area contributed by atoms with Crippen molar-refractivity contribution in [1.82, 2.24) is 24.7 Å². The van der Waals surface area contributed by atoms with Crippen molar-refractivity contribution in [3.8, 4) is 5.75 Å². The topological polar surface area (TPSA) is 203 Å². The minimum atomic E-state index is -5.04. The number of nitrogens with zero attached hydrogens (tertiary/aromatic N) is 3. The van der Waals surface area contributed by atoms with Crippen molar-refractivity contribution < 1.29 is 76.0 Å². The molecule has 2 atom stereocenters. The summed E-state index contributed by atoms with van der Waals surface area (Å²) in [6, 6.07) is 1.65. The standard InChI is InChI=1S/C26H35N5O10S.Na/c1-3-5-6-7-8-9-20(32)41-18-12-10-17(11-13-18)21(22(33)27-19-16-31(23(19)34)42(38,39)40)28-26(37)30-15-14-29(4-2)24(35)25(30)36;/h10-13,19,21H,3-9,14-16H2,1-2H3,(H,27,33)(H,28,37)(H,38,39,40);/q;+1/p-1. The van der Waals surface area contributed by atoms with E-state index in [0.29, 0.717) is 11.3 Å². The van der Waals surface area contributed by atoms with Crippen LogP contribution in [0.25, 0.3) is 0 Å². The smallest absolute Gasteiger partial charge is 0.731 e. The van der Waals surface area contributed by atoms with Gasteiger partial charge in [-0.15, -0.1) is 0 Å². The van der Waals surface area contributed by atoms with E-state index in [1.165, 1.54) is 29.2 Å². The Kier molecular flexibility index (Phi) is 13.6. The number of urea groups is 1. The third kappa shape index (κ3) is 9.47. The van der Waals surface area contributed by atoms with Gasteiger partial charge in [-0.25, -0.2) is 17.5 Å². The van der Waals surface area contributed by atoms with Gasteiger partial charge in [0.2, 0.25) is 5.91 Å². The molecule has 1 aromatic rings. The number of likely N-dealkylation sites (N-methyl/N-ethyl adjacent to an activating group) is 1. The van der Waals surface area contributed by atoms with E-state index in [-0.39, 0.29) is 71.2 Å². The van der Waals surface area contributed by atoms with Gasteiger partial charge in [0.1, 0.15) is 17.8 Å². The van der Waals surface area contributed by atoms with Crippen LogP contribution in [0.2, 0.25) is 0 Å². The van der Waals surface area contributed by atoms with Gasteiger partial charge in [-0.2, -0.15) is 0 Å². The Balaban J connectivity index is 0.00000645. The first-order valence-electron chi connectivity index (χ1n) is 13.7. The molecule has 2 unspecified atom stereocenters. The summed E-state index contributed by atoms with van der Waals surface area (Å²) in [5.41, 5.74) is 0.159. The number of esters is 1. The summed E-state index contributed by atoms with van der Waals surface area (Å²) >= 11 is 0. The monoisotopic (exact) mass is 631 g/mol. The molecule has 2 N–H and O–H groups in total. The molecule has 3 rings (SSSR count). The number of ether oxygens (including phenoxy) is 1. The second-order valence-corrected chi connectivity index (χ2v) is 11.1. The van der Waals surface area contributed by atoms with Gasteiger partial charge in [0.15, 0.2) is 10.3 Å². The number of unbranched alkanes of at least 4 members (excludes halogenated alkanes) is 4. The number of amides is 6. The van der Waals surface area contributed by atoms with Crippen LogP contribution in [0.4, 0.5) is 4.79 Å². The van der Waals surface area contributed by atoms with Crippen LogP contribution in [0.3, 0.4) is 0 Å². The van der Waals surface area contributed by atoms with Crippen molar-refractivity contribution >= 4 is 45.9 Å². The number of imide groups is 1. The quantitative estimate of drug-likeness (QED) is 0.0435. The normalized spacial score (nSPS) is 17.5. The Bertz CT molecular complexity index is 1320. The molecule has 2 fully saturated rings. The molecule has 0 saturated carbocycles. The van der Waals surface area contributed by atoms with Gasteiger partial charge in [0.25, 0.3) is 5.91 Å². The fourth-order valence-electron chi connectivity index (χ4n) is 4.41. The summed E-state index contributed by atoms with van der Waals surface area (Å²) in [5.74, 6) is -4.30. The molecule has 2 saturated heterocycles. The van der Waals surface area contributed by atoms with E-state index in [0.717, 1.165) is 25.7 Å². The van der Waals surface area contributed by atoms with Crippen molar-refractivity contribution in [2.45, 2.75) is 64.5 Å². The maximum atomic E-state index is 13.2. The van der Waals surface area contributed by atoms with Crippen molar-refractivity contribution in [2.24, 2.45) is 0 Å². The van der Waals surface area contributed by atoms with Crippen LogP contribution in [-0.2, 0) is 34.3 Å². The van der Waals surface area contributed by atoms with Crippen LogP contribution in [0.15, 0.2) is 24.3 Å². The summed E-state index contributed by atoms with van der Waals surface area (Å²) in [4.78, 5) is 77.1. The molecule has 0 aliphatic carbocycles. The van der Waals surface area contributed by atoms with Crippen LogP contribution in [0.5, 0.6) is 5.75 Å². The molecule has 0 aromatic heterocycles. The fraction of sp³-hybridized carbons (Fsp3) is 0.538. The van der Waals surface area contributed by atoms with Crippen molar-refractivity contribution in [3.05, 3.63) is 29.8 Å². The molecule has 0 radical (unpaired) electrons. The molecular weight excluding hydrogens is 597 g/mol. The third-order valence-electron chi connectivity index (χ3n) is 6.87. The maximum Gasteiger partial charge on any atom is 1.00 e. The third-order valence-corrected chi connectivity index (χ3v) is 7.74. The minimum absolute atomic E-state index is 0. The number of hydrogen-bond donors (Lipinski definition) is 2. The van der Waals surface area contributed by atoms with Crippen molar-refractivity contribution in [1.29, 1.82) is 0 Å². The molecule has 0 spiro atoms. The maximum absolute atomic E-state index is 13.2.